The van der Waals surface area contributed by atoms with Gasteiger partial charge in [-0.2, -0.15) is 0 Å². The first-order valence-electron chi connectivity index (χ1n) is 6.95. The largest absolute Gasteiger partial charge is 0.487 e. The Labute approximate surface area is 120 Å². The van der Waals surface area contributed by atoms with Crippen molar-refractivity contribution in [3.8, 4) is 11.6 Å². The Kier molecular flexibility index (Phi) is 4.99. The van der Waals surface area contributed by atoms with Crippen molar-refractivity contribution in [2.45, 2.75) is 32.8 Å². The van der Waals surface area contributed by atoms with Gasteiger partial charge in [0.1, 0.15) is 12.4 Å². The van der Waals surface area contributed by atoms with Gasteiger partial charge < -0.3 is 9.47 Å². The van der Waals surface area contributed by atoms with Crippen molar-refractivity contribution in [3.63, 3.8) is 0 Å². The van der Waals surface area contributed by atoms with Gasteiger partial charge in [0.05, 0.1) is 12.8 Å². The summed E-state index contributed by atoms with van der Waals surface area (Å²) in [5.41, 5.74) is 2.20. The van der Waals surface area contributed by atoms with Gasteiger partial charge in [-0.1, -0.05) is 32.0 Å². The highest BCUT2D eigenvalue weighted by atomic mass is 16.5. The number of benzene rings is 1. The molecule has 0 fully saturated rings. The van der Waals surface area contributed by atoms with E-state index in [0.29, 0.717) is 18.4 Å². The maximum absolute atomic E-state index is 5.74. The molecule has 0 aliphatic carbocycles. The van der Waals surface area contributed by atoms with E-state index in [4.69, 9.17) is 9.47 Å². The Morgan fingerprint density at radius 1 is 1.10 bits per heavy atom. The van der Waals surface area contributed by atoms with Crippen LogP contribution in [0.2, 0.25) is 0 Å². The van der Waals surface area contributed by atoms with Gasteiger partial charge in [-0.25, -0.2) is 4.98 Å². The molecule has 3 nitrogen and oxygen atoms in total. The molecule has 0 bridgehead atoms. The highest BCUT2D eigenvalue weighted by Crippen LogP contribution is 2.22. The lowest BCUT2D eigenvalue weighted by atomic mass is 9.99. The van der Waals surface area contributed by atoms with Crippen LogP contribution in [0.15, 0.2) is 42.5 Å². The quantitative estimate of drug-likeness (QED) is 0.789. The lowest BCUT2D eigenvalue weighted by Crippen LogP contribution is -2.00. The molecule has 1 atom stereocenters. The molecule has 20 heavy (non-hydrogen) atoms. The number of pyridine rings is 1. The summed E-state index contributed by atoms with van der Waals surface area (Å²) in [4.78, 5) is 4.32. The van der Waals surface area contributed by atoms with E-state index >= 15 is 0 Å². The number of aromatic nitrogens is 1. The number of hydrogen-bond donors (Lipinski definition) is 0. The zero-order valence-electron chi connectivity index (χ0n) is 12.3. The number of nitrogens with zero attached hydrogens (tertiary/aromatic N) is 1. The Hall–Kier alpha value is -2.03. The van der Waals surface area contributed by atoms with E-state index in [1.165, 1.54) is 5.56 Å². The molecule has 0 saturated heterocycles. The Balaban J connectivity index is 1.96. The van der Waals surface area contributed by atoms with Crippen molar-refractivity contribution >= 4 is 0 Å². The van der Waals surface area contributed by atoms with Crippen LogP contribution in [-0.4, -0.2) is 12.1 Å². The van der Waals surface area contributed by atoms with Crippen molar-refractivity contribution in [2.75, 3.05) is 7.11 Å². The molecule has 1 unspecified atom stereocenters. The molecular formula is C17H21NO2. The fourth-order valence-electron chi connectivity index (χ4n) is 1.94. The predicted octanol–water partition coefficient (Wildman–Crippen LogP) is 4.18. The molecule has 0 aliphatic heterocycles. The molecule has 3 heteroatoms. The van der Waals surface area contributed by atoms with Crippen molar-refractivity contribution in [2.24, 2.45) is 0 Å². The highest BCUT2D eigenvalue weighted by molar-refractivity contribution is 5.29. The summed E-state index contributed by atoms with van der Waals surface area (Å²) in [6.45, 7) is 4.87. The average molecular weight is 271 g/mol. The lowest BCUT2D eigenvalue weighted by molar-refractivity contribution is 0.298. The van der Waals surface area contributed by atoms with Crippen LogP contribution >= 0.6 is 0 Å². The molecular weight excluding hydrogens is 250 g/mol. The molecule has 0 spiro atoms. The van der Waals surface area contributed by atoms with E-state index in [1.807, 2.05) is 30.3 Å². The van der Waals surface area contributed by atoms with Gasteiger partial charge in [0.2, 0.25) is 5.88 Å². The van der Waals surface area contributed by atoms with Crippen LogP contribution in [-0.2, 0) is 6.61 Å². The van der Waals surface area contributed by atoms with Gasteiger partial charge in [-0.05, 0) is 36.1 Å². The molecule has 2 aromatic rings. The number of methoxy groups -OCH3 is 1. The second-order valence-electron chi connectivity index (χ2n) is 4.84. The summed E-state index contributed by atoms with van der Waals surface area (Å²) in [6.07, 6.45) is 1.15. The predicted molar refractivity (Wildman–Crippen MR) is 80.3 cm³/mol. The number of ether oxygens (including phenoxy) is 2. The van der Waals surface area contributed by atoms with Crippen LogP contribution < -0.4 is 9.47 Å². The minimum Gasteiger partial charge on any atom is -0.487 e. The Morgan fingerprint density at radius 2 is 1.85 bits per heavy atom. The maximum Gasteiger partial charge on any atom is 0.213 e. The monoisotopic (exact) mass is 271 g/mol. The van der Waals surface area contributed by atoms with Crippen LogP contribution in [0, 0.1) is 0 Å². The van der Waals surface area contributed by atoms with E-state index in [9.17, 15) is 0 Å². The standard InChI is InChI=1S/C17H21NO2/c1-4-13(2)14-8-10-16(11-9-14)20-12-15-6-5-7-17(18-15)19-3/h5-11,13H,4,12H2,1-3H3. The van der Waals surface area contributed by atoms with Crippen molar-refractivity contribution in [3.05, 3.63) is 53.7 Å². The smallest absolute Gasteiger partial charge is 0.213 e. The lowest BCUT2D eigenvalue weighted by Gasteiger charge is -2.11. The van der Waals surface area contributed by atoms with Gasteiger partial charge in [0.15, 0.2) is 0 Å². The van der Waals surface area contributed by atoms with Gasteiger partial charge in [-0.15, -0.1) is 0 Å². The molecule has 1 aromatic heterocycles. The van der Waals surface area contributed by atoms with Gasteiger partial charge in [0, 0.05) is 6.07 Å². The Morgan fingerprint density at radius 3 is 2.50 bits per heavy atom. The number of hydrogen-bond acceptors (Lipinski definition) is 3. The van der Waals surface area contributed by atoms with Crippen molar-refractivity contribution in [1.82, 2.24) is 4.98 Å². The minimum atomic E-state index is 0.444. The summed E-state index contributed by atoms with van der Waals surface area (Å²) < 4.78 is 10.8. The summed E-state index contributed by atoms with van der Waals surface area (Å²) >= 11 is 0. The molecule has 0 aliphatic rings. The zero-order valence-corrected chi connectivity index (χ0v) is 12.3. The fraction of sp³-hybridized carbons (Fsp3) is 0.353. The van der Waals surface area contributed by atoms with Gasteiger partial charge in [-0.3, -0.25) is 0 Å². The topological polar surface area (TPSA) is 31.4 Å². The summed E-state index contributed by atoms with van der Waals surface area (Å²) in [6, 6.07) is 13.9. The first-order valence-corrected chi connectivity index (χ1v) is 6.95. The molecule has 1 aromatic carbocycles. The SMILES string of the molecule is CCC(C)c1ccc(OCc2cccc(OC)n2)cc1. The van der Waals surface area contributed by atoms with Crippen LogP contribution in [0.3, 0.4) is 0 Å². The van der Waals surface area contributed by atoms with Crippen LogP contribution in [0.25, 0.3) is 0 Å². The third-order valence-electron chi connectivity index (χ3n) is 3.44. The van der Waals surface area contributed by atoms with E-state index < -0.39 is 0 Å². The van der Waals surface area contributed by atoms with Gasteiger partial charge in [0.25, 0.3) is 0 Å². The molecule has 0 saturated carbocycles. The summed E-state index contributed by atoms with van der Waals surface area (Å²) in [5, 5.41) is 0. The highest BCUT2D eigenvalue weighted by Gasteiger charge is 2.03. The molecule has 2 rings (SSSR count). The minimum absolute atomic E-state index is 0.444. The third kappa shape index (κ3) is 3.73. The summed E-state index contributed by atoms with van der Waals surface area (Å²) in [5.74, 6) is 2.06. The molecule has 0 radical (unpaired) electrons. The van der Waals surface area contributed by atoms with Crippen LogP contribution in [0.1, 0.15) is 37.4 Å². The second-order valence-corrected chi connectivity index (χ2v) is 4.84. The molecule has 0 N–H and O–H groups in total. The third-order valence-corrected chi connectivity index (χ3v) is 3.44. The van der Waals surface area contributed by atoms with E-state index in [0.717, 1.165) is 17.9 Å². The fourth-order valence-corrected chi connectivity index (χ4v) is 1.94. The average Bonchev–Trinajstić information content (AvgIpc) is 2.53. The van der Waals surface area contributed by atoms with E-state index in [-0.39, 0.29) is 0 Å². The maximum atomic E-state index is 5.74. The van der Waals surface area contributed by atoms with Crippen molar-refractivity contribution < 1.29 is 9.47 Å². The Bertz CT molecular complexity index is 537. The first kappa shape index (κ1) is 14.4. The first-order chi connectivity index (χ1) is 9.72. The van der Waals surface area contributed by atoms with Crippen LogP contribution in [0.5, 0.6) is 11.6 Å². The normalized spacial score (nSPS) is 11.9. The molecule has 106 valence electrons. The molecule has 0 amide bonds. The summed E-state index contributed by atoms with van der Waals surface area (Å²) in [7, 11) is 1.61. The van der Waals surface area contributed by atoms with E-state index in [1.54, 1.807) is 7.11 Å². The van der Waals surface area contributed by atoms with Crippen LogP contribution in [0.4, 0.5) is 0 Å². The second kappa shape index (κ2) is 6.94. The van der Waals surface area contributed by atoms with Crippen molar-refractivity contribution in [1.29, 1.82) is 0 Å². The zero-order chi connectivity index (χ0) is 14.4. The van der Waals surface area contributed by atoms with E-state index in [2.05, 4.69) is 31.0 Å². The van der Waals surface area contributed by atoms with Gasteiger partial charge >= 0.3 is 0 Å². The number of rotatable bonds is 6. The molecule has 1 heterocycles.